The van der Waals surface area contributed by atoms with Crippen LogP contribution in [-0.2, 0) is 12.0 Å². The van der Waals surface area contributed by atoms with Crippen LogP contribution >= 0.6 is 0 Å². The summed E-state index contributed by atoms with van der Waals surface area (Å²) in [6.07, 6.45) is 5.91. The Morgan fingerprint density at radius 2 is 2.25 bits per heavy atom. The van der Waals surface area contributed by atoms with Gasteiger partial charge in [0.25, 0.3) is 5.82 Å². The molecule has 0 fully saturated rings. The summed E-state index contributed by atoms with van der Waals surface area (Å²) in [6, 6.07) is 0. The molecule has 0 bridgehead atoms. The maximum absolute atomic E-state index is 3.72. The summed E-state index contributed by atoms with van der Waals surface area (Å²) in [5.41, 5.74) is 0.173. The maximum Gasteiger partial charge on any atom is 0.259 e. The van der Waals surface area contributed by atoms with Crippen LogP contribution in [0.1, 0.15) is 26.6 Å². The molecule has 0 amide bonds. The fourth-order valence-corrected chi connectivity index (χ4v) is 1.30. The van der Waals surface area contributed by atoms with E-state index in [0.717, 1.165) is 6.54 Å². The Balaban J connectivity index is 2.99. The lowest BCUT2D eigenvalue weighted by Gasteiger charge is -2.12. The minimum absolute atomic E-state index is 0.173. The van der Waals surface area contributed by atoms with E-state index in [1.54, 1.807) is 0 Å². The van der Waals surface area contributed by atoms with Gasteiger partial charge < -0.3 is 0 Å². The zero-order chi connectivity index (χ0) is 9.19. The van der Waals surface area contributed by atoms with Crippen LogP contribution < -0.4 is 4.57 Å². The molecule has 0 aliphatic carbocycles. The molecular weight excluding hydrogens is 148 g/mol. The Morgan fingerprint density at radius 1 is 1.58 bits per heavy atom. The number of rotatable bonds is 2. The van der Waals surface area contributed by atoms with Crippen molar-refractivity contribution in [3.8, 4) is 0 Å². The number of hydrogen-bond donors (Lipinski definition) is 1. The van der Waals surface area contributed by atoms with Crippen molar-refractivity contribution in [2.75, 3.05) is 0 Å². The van der Waals surface area contributed by atoms with Gasteiger partial charge in [0.05, 0.1) is 5.41 Å². The van der Waals surface area contributed by atoms with Crippen LogP contribution in [0, 0.1) is 0 Å². The Morgan fingerprint density at radius 3 is 2.75 bits per heavy atom. The SMILES string of the molecule is C=CC[n+]1cc[nH]c1C(C)(C)C. The van der Waals surface area contributed by atoms with Gasteiger partial charge in [0.2, 0.25) is 0 Å². The summed E-state index contributed by atoms with van der Waals surface area (Å²) in [5.74, 6) is 1.24. The zero-order valence-corrected chi connectivity index (χ0v) is 8.09. The predicted molar refractivity (Wildman–Crippen MR) is 49.9 cm³/mol. The summed E-state index contributed by atoms with van der Waals surface area (Å²) in [4.78, 5) is 3.25. The van der Waals surface area contributed by atoms with E-state index in [-0.39, 0.29) is 5.41 Å². The van der Waals surface area contributed by atoms with Gasteiger partial charge in [0.1, 0.15) is 18.9 Å². The van der Waals surface area contributed by atoms with Crippen molar-refractivity contribution < 1.29 is 4.57 Å². The van der Waals surface area contributed by atoms with Crippen LogP contribution in [0.3, 0.4) is 0 Å². The van der Waals surface area contributed by atoms with Gasteiger partial charge >= 0.3 is 0 Å². The lowest BCUT2D eigenvalue weighted by Crippen LogP contribution is -2.40. The highest BCUT2D eigenvalue weighted by atomic mass is 15.1. The summed E-state index contributed by atoms with van der Waals surface area (Å²) in [7, 11) is 0. The first-order valence-corrected chi connectivity index (χ1v) is 4.24. The number of allylic oxidation sites excluding steroid dienone is 1. The maximum atomic E-state index is 3.72. The van der Waals surface area contributed by atoms with Crippen LogP contribution in [-0.4, -0.2) is 4.98 Å². The smallest absolute Gasteiger partial charge is 0.247 e. The predicted octanol–water partition coefficient (Wildman–Crippen LogP) is 1.79. The lowest BCUT2D eigenvalue weighted by molar-refractivity contribution is -0.696. The summed E-state index contributed by atoms with van der Waals surface area (Å²) in [5, 5.41) is 0. The molecule has 1 aromatic rings. The van der Waals surface area contributed by atoms with Gasteiger partial charge in [-0.25, -0.2) is 9.55 Å². The third-order valence-electron chi connectivity index (χ3n) is 1.80. The standard InChI is InChI=1S/C10H16N2/c1-5-7-12-8-6-11-9(12)10(2,3)4/h5-6,8H,1,7H2,2-4H3/p+1. The number of hydrogen-bond acceptors (Lipinski definition) is 0. The second-order valence-electron chi connectivity index (χ2n) is 4.00. The van der Waals surface area contributed by atoms with E-state index in [0.29, 0.717) is 0 Å². The van der Waals surface area contributed by atoms with E-state index in [4.69, 9.17) is 0 Å². The number of H-pyrrole nitrogens is 1. The molecule has 0 aromatic carbocycles. The molecular formula is C10H17N2+. The third-order valence-corrected chi connectivity index (χ3v) is 1.80. The van der Waals surface area contributed by atoms with Gasteiger partial charge in [-0.1, -0.05) is 12.7 Å². The highest BCUT2D eigenvalue weighted by Gasteiger charge is 2.25. The average Bonchev–Trinajstić information content (AvgIpc) is 2.34. The molecule has 0 aliphatic heterocycles. The third kappa shape index (κ3) is 1.76. The van der Waals surface area contributed by atoms with Crippen LogP contribution in [0.4, 0.5) is 0 Å². The van der Waals surface area contributed by atoms with Crippen molar-refractivity contribution in [1.82, 2.24) is 4.98 Å². The fraction of sp³-hybridized carbons (Fsp3) is 0.500. The van der Waals surface area contributed by atoms with Crippen molar-refractivity contribution >= 4 is 0 Å². The largest absolute Gasteiger partial charge is 0.259 e. The van der Waals surface area contributed by atoms with Gasteiger partial charge in [-0.3, -0.25) is 0 Å². The van der Waals surface area contributed by atoms with Crippen molar-refractivity contribution in [1.29, 1.82) is 0 Å². The highest BCUT2D eigenvalue weighted by Crippen LogP contribution is 2.15. The molecule has 66 valence electrons. The minimum Gasteiger partial charge on any atom is -0.247 e. The molecule has 1 rings (SSSR count). The van der Waals surface area contributed by atoms with Gasteiger partial charge in [0.15, 0.2) is 0 Å². The monoisotopic (exact) mass is 165 g/mol. The quantitative estimate of drug-likeness (QED) is 0.509. The molecule has 0 saturated heterocycles. The molecule has 0 unspecified atom stereocenters. The minimum atomic E-state index is 0.173. The van der Waals surface area contributed by atoms with Crippen LogP contribution in [0.5, 0.6) is 0 Å². The summed E-state index contributed by atoms with van der Waals surface area (Å²) >= 11 is 0. The number of aromatic nitrogens is 2. The van der Waals surface area contributed by atoms with Crippen molar-refractivity contribution in [2.24, 2.45) is 0 Å². The van der Waals surface area contributed by atoms with E-state index < -0.39 is 0 Å². The molecule has 1 N–H and O–H groups in total. The molecule has 1 aromatic heterocycles. The molecule has 0 aliphatic rings. The number of aromatic amines is 1. The highest BCUT2D eigenvalue weighted by molar-refractivity contribution is 4.94. The molecule has 2 nitrogen and oxygen atoms in total. The number of nitrogens with one attached hydrogen (secondary N) is 1. The zero-order valence-electron chi connectivity index (χ0n) is 8.09. The molecule has 1 heterocycles. The van der Waals surface area contributed by atoms with E-state index in [2.05, 4.69) is 36.9 Å². The van der Waals surface area contributed by atoms with Crippen molar-refractivity contribution in [3.63, 3.8) is 0 Å². The Kier molecular flexibility index (Phi) is 2.36. The average molecular weight is 165 g/mol. The number of nitrogens with zero attached hydrogens (tertiary/aromatic N) is 1. The van der Waals surface area contributed by atoms with Crippen LogP contribution in [0.25, 0.3) is 0 Å². The van der Waals surface area contributed by atoms with Gasteiger partial charge in [-0.2, -0.15) is 0 Å². The van der Waals surface area contributed by atoms with Crippen molar-refractivity contribution in [3.05, 3.63) is 30.9 Å². The molecule has 0 spiro atoms. The van der Waals surface area contributed by atoms with E-state index >= 15 is 0 Å². The Bertz CT molecular complexity index is 266. The van der Waals surface area contributed by atoms with E-state index in [9.17, 15) is 0 Å². The first-order valence-electron chi connectivity index (χ1n) is 4.24. The van der Waals surface area contributed by atoms with Gasteiger partial charge in [-0.15, -0.1) is 0 Å². The van der Waals surface area contributed by atoms with E-state index in [1.165, 1.54) is 5.82 Å². The topological polar surface area (TPSA) is 19.7 Å². The molecule has 12 heavy (non-hydrogen) atoms. The second kappa shape index (κ2) is 3.13. The normalized spacial score (nSPS) is 11.6. The molecule has 0 saturated carbocycles. The van der Waals surface area contributed by atoms with Crippen LogP contribution in [0.2, 0.25) is 0 Å². The van der Waals surface area contributed by atoms with Gasteiger partial charge in [0, 0.05) is 0 Å². The Hall–Kier alpha value is -1.05. The summed E-state index contributed by atoms with van der Waals surface area (Å²) < 4.78 is 2.17. The molecule has 2 heteroatoms. The lowest BCUT2D eigenvalue weighted by atomic mass is 9.96. The Labute approximate surface area is 73.9 Å². The first kappa shape index (κ1) is 9.04. The first-order chi connectivity index (χ1) is 5.55. The fourth-order valence-electron chi connectivity index (χ4n) is 1.30. The summed E-state index contributed by atoms with van der Waals surface area (Å²) in [6.45, 7) is 11.2. The van der Waals surface area contributed by atoms with Crippen LogP contribution in [0.15, 0.2) is 25.0 Å². The number of imidazole rings is 1. The van der Waals surface area contributed by atoms with Gasteiger partial charge in [-0.05, 0) is 20.8 Å². The van der Waals surface area contributed by atoms with E-state index in [1.807, 2.05) is 18.5 Å². The molecule has 0 atom stereocenters. The van der Waals surface area contributed by atoms with Crippen molar-refractivity contribution in [2.45, 2.75) is 32.7 Å². The second-order valence-corrected chi connectivity index (χ2v) is 4.00. The molecule has 0 radical (unpaired) electrons.